The topological polar surface area (TPSA) is 64.5 Å². The maximum absolute atomic E-state index is 5.23. The van der Waals surface area contributed by atoms with Crippen LogP contribution in [0.4, 0.5) is 0 Å². The molecule has 0 fully saturated rings. The van der Waals surface area contributed by atoms with Crippen molar-refractivity contribution in [2.75, 3.05) is 0 Å². The number of rotatable bonds is 5. The third-order valence-electron chi connectivity index (χ3n) is 8.75. The van der Waals surface area contributed by atoms with E-state index in [1.54, 1.807) is 0 Å². The maximum Gasteiger partial charge on any atom is 0.164 e. The van der Waals surface area contributed by atoms with Crippen LogP contribution in [0.3, 0.4) is 0 Å². The molecule has 48 heavy (non-hydrogen) atoms. The van der Waals surface area contributed by atoms with Crippen molar-refractivity contribution in [2.24, 2.45) is 0 Å². The molecule has 0 unspecified atom stereocenters. The Hall–Kier alpha value is -6.59. The summed E-state index contributed by atoms with van der Waals surface area (Å²) in [6.07, 6.45) is 3.76. The van der Waals surface area contributed by atoms with Gasteiger partial charge in [-0.3, -0.25) is 4.98 Å². The van der Waals surface area contributed by atoms with E-state index in [2.05, 4.69) is 89.9 Å². The minimum atomic E-state index is 0.592. The lowest BCUT2D eigenvalue weighted by Gasteiger charge is -2.14. The zero-order chi connectivity index (χ0) is 31.9. The second kappa shape index (κ2) is 11.6. The number of para-hydroxylation sites is 1. The van der Waals surface area contributed by atoms with Gasteiger partial charge in [0.05, 0.1) is 11.2 Å². The van der Waals surface area contributed by atoms with E-state index in [9.17, 15) is 0 Å². The fourth-order valence-electron chi connectivity index (χ4n) is 6.38. The largest absolute Gasteiger partial charge is 0.264 e. The number of aromatic nitrogens is 5. The molecule has 6 aromatic carbocycles. The summed E-state index contributed by atoms with van der Waals surface area (Å²) in [5, 5.41) is 5.58. The van der Waals surface area contributed by atoms with Gasteiger partial charge in [0.25, 0.3) is 0 Å². The average Bonchev–Trinajstić information content (AvgIpc) is 3.17. The first-order chi connectivity index (χ1) is 23.8. The number of nitrogens with zero attached hydrogens (tertiary/aromatic N) is 5. The standard InChI is InChI=1S/C43H27N5/c1-3-12-29(13-4-1)41-46-42(30-14-5-2-6-15-30)48-43(47-41)35-25-33(32-20-19-28-11-7-8-16-31(28)23-32)24-34(26-35)40-38-27-44-22-21-36(38)37-17-9-10-18-39(37)45-40/h1-27H. The molecule has 0 radical (unpaired) electrons. The van der Waals surface area contributed by atoms with Crippen molar-refractivity contribution in [1.82, 2.24) is 24.9 Å². The summed E-state index contributed by atoms with van der Waals surface area (Å²) < 4.78 is 0. The highest BCUT2D eigenvalue weighted by Crippen LogP contribution is 2.37. The van der Waals surface area contributed by atoms with Crippen LogP contribution in [0.15, 0.2) is 164 Å². The van der Waals surface area contributed by atoms with Crippen LogP contribution in [0.25, 0.3) is 89.0 Å². The van der Waals surface area contributed by atoms with Crippen molar-refractivity contribution < 1.29 is 0 Å². The molecular formula is C43H27N5. The van der Waals surface area contributed by atoms with Crippen molar-refractivity contribution in [1.29, 1.82) is 0 Å². The van der Waals surface area contributed by atoms with Crippen LogP contribution in [-0.4, -0.2) is 24.9 Å². The van der Waals surface area contributed by atoms with Crippen molar-refractivity contribution in [3.8, 4) is 56.5 Å². The molecule has 9 aromatic rings. The molecule has 0 aliphatic heterocycles. The van der Waals surface area contributed by atoms with Crippen molar-refractivity contribution in [3.05, 3.63) is 164 Å². The van der Waals surface area contributed by atoms with Gasteiger partial charge in [0.15, 0.2) is 17.5 Å². The number of pyridine rings is 2. The number of hydrogen-bond donors (Lipinski definition) is 0. The minimum absolute atomic E-state index is 0.592. The molecule has 3 heterocycles. The average molecular weight is 614 g/mol. The second-order valence-corrected chi connectivity index (χ2v) is 11.8. The van der Waals surface area contributed by atoms with E-state index >= 15 is 0 Å². The van der Waals surface area contributed by atoms with E-state index in [4.69, 9.17) is 19.9 Å². The van der Waals surface area contributed by atoms with Gasteiger partial charge in [-0.2, -0.15) is 0 Å². The first-order valence-electron chi connectivity index (χ1n) is 15.9. The Labute approximate surface area is 277 Å². The highest BCUT2D eigenvalue weighted by molar-refractivity contribution is 6.10. The molecule has 3 aromatic heterocycles. The highest BCUT2D eigenvalue weighted by atomic mass is 15.0. The summed E-state index contributed by atoms with van der Waals surface area (Å²) in [4.78, 5) is 24.8. The zero-order valence-corrected chi connectivity index (χ0v) is 25.8. The lowest BCUT2D eigenvalue weighted by Crippen LogP contribution is -2.00. The molecule has 0 amide bonds. The van der Waals surface area contributed by atoms with Gasteiger partial charge in [-0.1, -0.05) is 115 Å². The summed E-state index contributed by atoms with van der Waals surface area (Å²) in [5.41, 5.74) is 7.63. The Bertz CT molecular complexity index is 2560. The quantitative estimate of drug-likeness (QED) is 0.181. The van der Waals surface area contributed by atoms with Crippen LogP contribution in [0, 0.1) is 0 Å². The van der Waals surface area contributed by atoms with E-state index in [1.165, 1.54) is 10.8 Å². The van der Waals surface area contributed by atoms with Crippen LogP contribution in [0.5, 0.6) is 0 Å². The van der Waals surface area contributed by atoms with E-state index in [1.807, 2.05) is 79.1 Å². The van der Waals surface area contributed by atoms with Gasteiger partial charge in [-0.05, 0) is 63.7 Å². The van der Waals surface area contributed by atoms with Crippen LogP contribution in [0.1, 0.15) is 0 Å². The van der Waals surface area contributed by atoms with Gasteiger partial charge in [0.2, 0.25) is 0 Å². The fraction of sp³-hybridized carbons (Fsp3) is 0. The smallest absolute Gasteiger partial charge is 0.164 e. The molecule has 0 aliphatic rings. The monoisotopic (exact) mass is 613 g/mol. The van der Waals surface area contributed by atoms with Crippen LogP contribution >= 0.6 is 0 Å². The molecule has 0 N–H and O–H groups in total. The molecule has 5 heteroatoms. The lowest BCUT2D eigenvalue weighted by atomic mass is 9.94. The molecule has 0 saturated carbocycles. The highest BCUT2D eigenvalue weighted by Gasteiger charge is 2.17. The second-order valence-electron chi connectivity index (χ2n) is 11.8. The van der Waals surface area contributed by atoms with Crippen molar-refractivity contribution >= 4 is 32.4 Å². The van der Waals surface area contributed by atoms with E-state index < -0.39 is 0 Å². The van der Waals surface area contributed by atoms with E-state index in [0.29, 0.717) is 17.5 Å². The third kappa shape index (κ3) is 5.04. The van der Waals surface area contributed by atoms with Gasteiger partial charge in [0.1, 0.15) is 0 Å². The molecule has 0 saturated heterocycles. The number of hydrogen-bond acceptors (Lipinski definition) is 5. The van der Waals surface area contributed by atoms with E-state index in [0.717, 1.165) is 60.8 Å². The Kier molecular flexibility index (Phi) is 6.72. The Balaban J connectivity index is 1.33. The molecule has 0 bridgehead atoms. The summed E-state index contributed by atoms with van der Waals surface area (Å²) in [5.74, 6) is 1.83. The molecule has 224 valence electrons. The van der Waals surface area contributed by atoms with Crippen LogP contribution in [0.2, 0.25) is 0 Å². The SMILES string of the molecule is c1ccc(-c2nc(-c3ccccc3)nc(-c3cc(-c4ccc5ccccc5c4)cc(-c4nc5ccccc5c5ccncc45)c3)n2)cc1. The van der Waals surface area contributed by atoms with Crippen molar-refractivity contribution in [3.63, 3.8) is 0 Å². The maximum atomic E-state index is 5.23. The van der Waals surface area contributed by atoms with Crippen molar-refractivity contribution in [2.45, 2.75) is 0 Å². The molecule has 9 rings (SSSR count). The Morgan fingerprint density at radius 2 is 0.938 bits per heavy atom. The van der Waals surface area contributed by atoms with Crippen LogP contribution < -0.4 is 0 Å². The molecule has 0 aliphatic carbocycles. The lowest BCUT2D eigenvalue weighted by molar-refractivity contribution is 1.07. The summed E-state index contributed by atoms with van der Waals surface area (Å²) in [6.45, 7) is 0. The van der Waals surface area contributed by atoms with Gasteiger partial charge < -0.3 is 0 Å². The first-order valence-corrected chi connectivity index (χ1v) is 15.9. The molecule has 5 nitrogen and oxygen atoms in total. The van der Waals surface area contributed by atoms with Gasteiger partial charge in [0, 0.05) is 45.4 Å². The van der Waals surface area contributed by atoms with E-state index in [-0.39, 0.29) is 0 Å². The predicted octanol–water partition coefficient (Wildman–Crippen LogP) is 10.5. The molecule has 0 spiro atoms. The predicted molar refractivity (Wildman–Crippen MR) is 195 cm³/mol. The Morgan fingerprint density at radius 3 is 1.69 bits per heavy atom. The minimum Gasteiger partial charge on any atom is -0.264 e. The summed E-state index contributed by atoms with van der Waals surface area (Å²) in [7, 11) is 0. The number of fused-ring (bicyclic) bond motifs is 4. The van der Waals surface area contributed by atoms with Gasteiger partial charge in [-0.25, -0.2) is 19.9 Å². The Morgan fingerprint density at radius 1 is 0.333 bits per heavy atom. The van der Waals surface area contributed by atoms with Crippen LogP contribution in [-0.2, 0) is 0 Å². The summed E-state index contributed by atoms with van der Waals surface area (Å²) >= 11 is 0. The van der Waals surface area contributed by atoms with Gasteiger partial charge in [-0.15, -0.1) is 0 Å². The normalized spacial score (nSPS) is 11.3. The molecule has 0 atom stereocenters. The fourth-order valence-corrected chi connectivity index (χ4v) is 6.38. The number of benzene rings is 6. The van der Waals surface area contributed by atoms with Gasteiger partial charge >= 0.3 is 0 Å². The summed E-state index contributed by atoms with van der Waals surface area (Å²) in [6, 6.07) is 52.0. The zero-order valence-electron chi connectivity index (χ0n) is 25.8. The first kappa shape index (κ1) is 27.7. The third-order valence-corrected chi connectivity index (χ3v) is 8.75. The molecular weight excluding hydrogens is 587 g/mol.